The largest absolute Gasteiger partial charge is 0.481 e. The molecule has 3 N–H and O–H groups in total. The van der Waals surface area contributed by atoms with Crippen LogP contribution in [0.25, 0.3) is 0 Å². The van der Waals surface area contributed by atoms with E-state index in [1.54, 1.807) is 20.8 Å². The van der Waals surface area contributed by atoms with Crippen molar-refractivity contribution < 1.29 is 76.5 Å². The van der Waals surface area contributed by atoms with Gasteiger partial charge in [0.1, 0.15) is 17.3 Å². The zero-order valence-electron chi connectivity index (χ0n) is 32.0. The maximum absolute atomic E-state index is 13.0. The number of esters is 1. The number of hydrogen-bond acceptors (Lipinski definition) is 15. The highest BCUT2D eigenvalue weighted by atomic mass is 28.1. The summed E-state index contributed by atoms with van der Waals surface area (Å²) in [5.41, 5.74) is -0.840. The summed E-state index contributed by atoms with van der Waals surface area (Å²) in [6, 6.07) is 0. The first kappa shape index (κ1) is 48.7. The van der Waals surface area contributed by atoms with E-state index in [0.717, 1.165) is 17.1 Å². The van der Waals surface area contributed by atoms with E-state index in [1.807, 2.05) is 0 Å². The Hall–Kier alpha value is -3.34. The number of amides is 4. The van der Waals surface area contributed by atoms with Crippen LogP contribution in [-0.4, -0.2) is 185 Å². The van der Waals surface area contributed by atoms with E-state index in [-0.39, 0.29) is 55.2 Å². The number of nitrogens with zero attached hydrogens (tertiary/aromatic N) is 1. The predicted octanol–water partition coefficient (Wildman–Crippen LogP) is -2.07. The van der Waals surface area contributed by atoms with Gasteiger partial charge in [-0.25, -0.2) is 4.79 Å². The molecule has 1 atom stereocenters. The molecular weight excluding hydrogens is 734 g/mol. The Bertz CT molecular complexity index is 1150. The molecule has 0 radical (unpaired) electrons. The number of carboxylic acid groups (broad SMARTS) is 1. The van der Waals surface area contributed by atoms with Crippen molar-refractivity contribution in [3.05, 3.63) is 12.2 Å². The average Bonchev–Trinajstić information content (AvgIpc) is 3.41. The molecule has 1 rings (SSSR count). The highest BCUT2D eigenvalue weighted by Crippen LogP contribution is 2.17. The van der Waals surface area contributed by atoms with Crippen molar-refractivity contribution in [3.63, 3.8) is 0 Å². The average molecular weight is 794 g/mol. The number of rotatable bonds is 34. The van der Waals surface area contributed by atoms with Gasteiger partial charge in [-0.15, -0.1) is 0 Å². The fraction of sp³-hybridized carbons (Fsp3) is 0.765. The summed E-state index contributed by atoms with van der Waals surface area (Å²) in [6.07, 6.45) is 1.99. The number of hydrogen-bond donors (Lipinski definition) is 3. The fourth-order valence-corrected chi connectivity index (χ4v) is 4.83. The van der Waals surface area contributed by atoms with Gasteiger partial charge in [0.05, 0.1) is 112 Å². The molecule has 1 aliphatic rings. The lowest BCUT2D eigenvalue weighted by Crippen LogP contribution is -2.59. The van der Waals surface area contributed by atoms with Crippen molar-refractivity contribution in [1.29, 1.82) is 0 Å². The Labute approximate surface area is 319 Å². The van der Waals surface area contributed by atoms with E-state index >= 15 is 0 Å². The topological polar surface area (TPSA) is 233 Å². The molecule has 20 heteroatoms. The van der Waals surface area contributed by atoms with E-state index in [2.05, 4.69) is 10.6 Å². The van der Waals surface area contributed by atoms with Crippen LogP contribution < -0.4 is 10.6 Å². The second kappa shape index (κ2) is 29.0. The van der Waals surface area contributed by atoms with Crippen LogP contribution in [-0.2, 0) is 71.4 Å². The molecule has 0 bridgehead atoms. The van der Waals surface area contributed by atoms with Gasteiger partial charge >= 0.3 is 11.9 Å². The SMILES string of the molecule is CC(C)(C)OC(=O)C([SiH3])(CCC(=O)NCCOCCOCCOCCOCCOCCOCCOCCOCCC(=O)O)NC(=O)CN1C(=O)C=CC1=O. The number of carbonyl (C=O) groups excluding carboxylic acids is 5. The first-order chi connectivity index (χ1) is 25.7. The van der Waals surface area contributed by atoms with Crippen LogP contribution >= 0.6 is 0 Å². The van der Waals surface area contributed by atoms with Gasteiger partial charge < -0.3 is 58.4 Å². The molecule has 0 spiro atoms. The van der Waals surface area contributed by atoms with Gasteiger partial charge in [-0.3, -0.25) is 28.9 Å². The highest BCUT2D eigenvalue weighted by Gasteiger charge is 2.39. The number of ether oxygens (including phenoxy) is 9. The molecule has 0 aliphatic carbocycles. The Balaban J connectivity index is 2.00. The fourth-order valence-electron chi connectivity index (χ4n) is 4.20. The summed E-state index contributed by atoms with van der Waals surface area (Å²) < 4.78 is 48.6. The van der Waals surface area contributed by atoms with Crippen LogP contribution in [0.4, 0.5) is 0 Å². The molecule has 0 aromatic rings. The van der Waals surface area contributed by atoms with Gasteiger partial charge in [0.15, 0.2) is 0 Å². The van der Waals surface area contributed by atoms with Gasteiger partial charge in [-0.1, -0.05) is 0 Å². The third kappa shape index (κ3) is 25.6. The monoisotopic (exact) mass is 793 g/mol. The Morgan fingerprint density at radius 1 is 0.630 bits per heavy atom. The summed E-state index contributed by atoms with van der Waals surface area (Å²) in [6.45, 7) is 10.7. The second-order valence-electron chi connectivity index (χ2n) is 12.9. The lowest BCUT2D eigenvalue weighted by molar-refractivity contribution is -0.161. The van der Waals surface area contributed by atoms with Crippen molar-refractivity contribution in [2.75, 3.05) is 119 Å². The van der Waals surface area contributed by atoms with Crippen LogP contribution in [0.1, 0.15) is 40.0 Å². The Kier molecular flexibility index (Phi) is 26.2. The zero-order chi connectivity index (χ0) is 40.1. The van der Waals surface area contributed by atoms with E-state index < -0.39 is 47.0 Å². The number of nitrogens with one attached hydrogen (secondary N) is 2. The smallest absolute Gasteiger partial charge is 0.327 e. The summed E-state index contributed by atoms with van der Waals surface area (Å²) in [5, 5.41) is 12.4. The molecule has 4 amide bonds. The zero-order valence-corrected chi connectivity index (χ0v) is 34.0. The molecule has 1 aliphatic heterocycles. The molecule has 0 aromatic carbocycles. The summed E-state index contributed by atoms with van der Waals surface area (Å²) in [7, 11) is 0.0985. The van der Waals surface area contributed by atoms with Crippen LogP contribution in [0.3, 0.4) is 0 Å². The molecule has 1 unspecified atom stereocenters. The molecule has 0 saturated carbocycles. The standard InChI is InChI=1S/C34H59N3O16Si/c1-33(2,3)53-32(44)34(54,36-28(39)26-37-29(40)4-5-30(37)41)8-6-27(38)35-9-11-46-13-15-48-17-19-50-21-23-52-25-24-51-22-20-49-18-16-47-14-12-45-10-7-31(42)43/h4-5H,6-26H2,1-3,54H3,(H,35,38)(H,36,39)(H,42,43). The summed E-state index contributed by atoms with van der Waals surface area (Å²) in [4.78, 5) is 73.0. The lowest BCUT2D eigenvalue weighted by Gasteiger charge is -2.32. The van der Waals surface area contributed by atoms with Gasteiger partial charge in [-0.05, 0) is 27.2 Å². The number of carboxylic acids is 1. The molecular formula is C34H59N3O16Si. The van der Waals surface area contributed by atoms with Crippen LogP contribution in [0.5, 0.6) is 0 Å². The van der Waals surface area contributed by atoms with Crippen molar-refractivity contribution in [2.45, 2.75) is 50.8 Å². The Morgan fingerprint density at radius 2 is 1.02 bits per heavy atom. The van der Waals surface area contributed by atoms with Crippen molar-refractivity contribution in [2.24, 2.45) is 0 Å². The molecule has 19 nitrogen and oxygen atoms in total. The minimum absolute atomic E-state index is 0.0234. The first-order valence-electron chi connectivity index (χ1n) is 17.9. The molecule has 0 saturated heterocycles. The van der Waals surface area contributed by atoms with Crippen LogP contribution in [0.15, 0.2) is 12.2 Å². The van der Waals surface area contributed by atoms with Crippen molar-refractivity contribution >= 4 is 45.8 Å². The van der Waals surface area contributed by atoms with E-state index in [4.69, 9.17) is 47.7 Å². The van der Waals surface area contributed by atoms with Gasteiger partial charge in [-0.2, -0.15) is 0 Å². The molecule has 0 fully saturated rings. The van der Waals surface area contributed by atoms with Crippen molar-refractivity contribution in [1.82, 2.24) is 15.5 Å². The third-order valence-corrected chi connectivity index (χ3v) is 8.11. The minimum Gasteiger partial charge on any atom is -0.481 e. The van der Waals surface area contributed by atoms with Gasteiger partial charge in [0, 0.05) is 35.4 Å². The van der Waals surface area contributed by atoms with Crippen LogP contribution in [0, 0.1) is 0 Å². The van der Waals surface area contributed by atoms with Crippen LogP contribution in [0.2, 0.25) is 0 Å². The minimum atomic E-state index is -1.46. The quantitative estimate of drug-likeness (QED) is 0.0275. The van der Waals surface area contributed by atoms with Crippen molar-refractivity contribution in [3.8, 4) is 0 Å². The van der Waals surface area contributed by atoms with E-state index in [1.165, 1.54) is 0 Å². The first-order valence-corrected chi connectivity index (χ1v) is 18.9. The number of imide groups is 1. The predicted molar refractivity (Wildman–Crippen MR) is 194 cm³/mol. The third-order valence-electron chi connectivity index (χ3n) is 6.95. The number of aliphatic carboxylic acids is 1. The van der Waals surface area contributed by atoms with Gasteiger partial charge in [0.25, 0.3) is 11.8 Å². The van der Waals surface area contributed by atoms with E-state index in [0.29, 0.717) is 92.5 Å². The second-order valence-corrected chi connectivity index (χ2v) is 14.6. The Morgan fingerprint density at radius 3 is 1.41 bits per heavy atom. The number of carbonyl (C=O) groups is 6. The molecule has 54 heavy (non-hydrogen) atoms. The molecule has 1 heterocycles. The molecule has 0 aromatic heterocycles. The summed E-state index contributed by atoms with van der Waals surface area (Å²) in [5.74, 6) is -3.90. The normalized spacial score (nSPS) is 14.0. The lowest BCUT2D eigenvalue weighted by atomic mass is 10.1. The maximum Gasteiger partial charge on any atom is 0.327 e. The summed E-state index contributed by atoms with van der Waals surface area (Å²) >= 11 is 0. The maximum atomic E-state index is 13.0. The highest BCUT2D eigenvalue weighted by molar-refractivity contribution is 6.28. The molecule has 310 valence electrons. The van der Waals surface area contributed by atoms with E-state index in [9.17, 15) is 28.8 Å². The van der Waals surface area contributed by atoms with Gasteiger partial charge in [0.2, 0.25) is 11.8 Å².